The van der Waals surface area contributed by atoms with Crippen LogP contribution in [0.3, 0.4) is 0 Å². The Kier molecular flexibility index (Phi) is 12.2. The predicted octanol–water partition coefficient (Wildman–Crippen LogP) is 2.64. The molecule has 0 bridgehead atoms. The van der Waals surface area contributed by atoms with Gasteiger partial charge in [0.15, 0.2) is 0 Å². The average molecular weight is 635 g/mol. The molecule has 0 aliphatic rings. The molecular formula is C35H39ClN2O7. The lowest BCUT2D eigenvalue weighted by molar-refractivity contribution is -1.92. The first-order valence-corrected chi connectivity index (χ1v) is 15.1. The zero-order valence-corrected chi connectivity index (χ0v) is 26.9. The number of nitrogens with zero attached hydrogens (tertiary/aromatic N) is 2. The molecule has 1 atom stereocenters. The van der Waals surface area contributed by atoms with Crippen molar-refractivity contribution < 1.29 is 43.5 Å². The Morgan fingerprint density at radius 2 is 0.978 bits per heavy atom. The summed E-state index contributed by atoms with van der Waals surface area (Å²) in [5.74, 6) is 1.54. The third kappa shape index (κ3) is 10.1. The molecule has 9 nitrogen and oxygen atoms in total. The minimum absolute atomic E-state index is 0.737. The van der Waals surface area contributed by atoms with Gasteiger partial charge in [-0.3, -0.25) is 0 Å². The molecular weight excluding hydrogens is 596 g/mol. The second kappa shape index (κ2) is 15.6. The molecule has 2 N–H and O–H groups in total. The van der Waals surface area contributed by atoms with Crippen LogP contribution in [0.4, 0.5) is 11.4 Å². The fourth-order valence-corrected chi connectivity index (χ4v) is 4.57. The van der Waals surface area contributed by atoms with Gasteiger partial charge in [-0.15, -0.1) is 0 Å². The normalized spacial score (nSPS) is 13.0. The second-order valence-electron chi connectivity index (χ2n) is 10.4. The molecule has 0 spiro atoms. The highest BCUT2D eigenvalue weighted by molar-refractivity contribution is 5.81. The van der Waals surface area contributed by atoms with Gasteiger partial charge in [0, 0.05) is 39.6 Å². The summed E-state index contributed by atoms with van der Waals surface area (Å²) < 4.78 is 43.5. The van der Waals surface area contributed by atoms with Crippen LogP contribution in [0.15, 0.2) is 115 Å². The number of hydrogen-bond acceptors (Lipinski definition) is 9. The molecule has 0 saturated carbocycles. The summed E-state index contributed by atoms with van der Waals surface area (Å²) in [5.41, 5.74) is 5.51. The maximum Gasteiger partial charge on any atom is 0.133 e. The van der Waals surface area contributed by atoms with Crippen molar-refractivity contribution in [3.8, 4) is 11.5 Å². The summed E-state index contributed by atoms with van der Waals surface area (Å²) in [6.45, 7) is 0. The lowest BCUT2D eigenvalue weighted by Gasteiger charge is -2.27. The molecule has 0 aliphatic heterocycles. The van der Waals surface area contributed by atoms with E-state index in [4.69, 9.17) is 28.1 Å². The maximum atomic E-state index is 12.2. The van der Waals surface area contributed by atoms with Gasteiger partial charge < -0.3 is 24.4 Å². The van der Waals surface area contributed by atoms with E-state index in [0.717, 1.165) is 50.7 Å². The van der Waals surface area contributed by atoms with Gasteiger partial charge in [-0.2, -0.15) is 14.0 Å². The van der Waals surface area contributed by atoms with E-state index in [2.05, 4.69) is 35.2 Å². The first-order valence-electron chi connectivity index (χ1n) is 13.8. The van der Waals surface area contributed by atoms with Gasteiger partial charge in [-0.25, -0.2) is 0 Å². The fourth-order valence-electron chi connectivity index (χ4n) is 4.57. The van der Waals surface area contributed by atoms with Gasteiger partial charge in [0.05, 0.1) is 29.1 Å². The van der Waals surface area contributed by atoms with Crippen LogP contribution < -0.4 is 33.3 Å². The molecule has 0 fully saturated rings. The molecule has 4 rings (SSSR count). The van der Waals surface area contributed by atoms with Crippen LogP contribution in [0.25, 0.3) is 5.57 Å². The quantitative estimate of drug-likeness (QED) is 0.253. The standard InChI is InChI=1S/C35H38N2O3.ClHO4/c1-36(2)30-17-9-26(10-18-30)34(27-11-21-32(39-5)22-12-27)8-7-25-35(38,29-15-23-33(40-6)24-16-29)28-13-19-31(20-14-28)37(3)4;2-1(3,4)5/h7-25,38H,1-6H3;(H,2,3,4,5). The number of anilines is 2. The van der Waals surface area contributed by atoms with Gasteiger partial charge in [-0.05, 0) is 82.4 Å². The summed E-state index contributed by atoms with van der Waals surface area (Å²) in [6, 6.07) is 32.0. The summed E-state index contributed by atoms with van der Waals surface area (Å²) in [7, 11) is 6.67. The molecule has 0 aliphatic carbocycles. The van der Waals surface area contributed by atoms with E-state index >= 15 is 0 Å². The molecule has 0 aromatic heterocycles. The van der Waals surface area contributed by atoms with Crippen LogP contribution in [-0.2, 0) is 5.60 Å². The minimum Gasteiger partial charge on any atom is -0.497 e. The largest absolute Gasteiger partial charge is 0.497 e. The number of benzene rings is 4. The van der Waals surface area contributed by atoms with E-state index in [0.29, 0.717) is 0 Å². The molecule has 1 unspecified atom stereocenters. The highest BCUT2D eigenvalue weighted by Gasteiger charge is 2.28. The predicted molar refractivity (Wildman–Crippen MR) is 169 cm³/mol. The molecule has 0 amide bonds. The zero-order valence-electron chi connectivity index (χ0n) is 26.2. The van der Waals surface area contributed by atoms with Crippen molar-refractivity contribution in [1.82, 2.24) is 0 Å². The highest BCUT2D eigenvalue weighted by Crippen LogP contribution is 2.34. The summed E-state index contributed by atoms with van der Waals surface area (Å²) in [6.07, 6.45) is 5.83. The monoisotopic (exact) mass is 634 g/mol. The number of hydrogen-bond donors (Lipinski definition) is 2. The van der Waals surface area contributed by atoms with Crippen molar-refractivity contribution in [3.63, 3.8) is 0 Å². The average Bonchev–Trinajstić information content (AvgIpc) is 3.02. The lowest BCUT2D eigenvalue weighted by Crippen LogP contribution is -2.58. The lowest BCUT2D eigenvalue weighted by atomic mass is 9.85. The zero-order chi connectivity index (χ0) is 33.2. The van der Waals surface area contributed by atoms with Crippen LogP contribution in [0.2, 0.25) is 0 Å². The first kappa shape index (κ1) is 35.1. The third-order valence-electron chi connectivity index (χ3n) is 7.05. The van der Waals surface area contributed by atoms with E-state index in [9.17, 15) is 5.11 Å². The molecule has 0 heterocycles. The van der Waals surface area contributed by atoms with Crippen molar-refractivity contribution in [2.75, 3.05) is 52.2 Å². The van der Waals surface area contributed by atoms with E-state index in [1.54, 1.807) is 14.2 Å². The van der Waals surface area contributed by atoms with Crippen LogP contribution in [0.5, 0.6) is 11.5 Å². The van der Waals surface area contributed by atoms with Gasteiger partial charge >= 0.3 is 0 Å². The van der Waals surface area contributed by atoms with E-state index in [1.165, 1.54) is 0 Å². The van der Waals surface area contributed by atoms with Gasteiger partial charge in [0.1, 0.15) is 17.1 Å². The van der Waals surface area contributed by atoms with Crippen LogP contribution in [0.1, 0.15) is 22.3 Å². The van der Waals surface area contributed by atoms with Crippen molar-refractivity contribution in [2.24, 2.45) is 0 Å². The molecule has 10 heteroatoms. The molecule has 4 aromatic carbocycles. The van der Waals surface area contributed by atoms with Crippen LogP contribution in [-0.4, -0.2) is 52.2 Å². The second-order valence-corrected chi connectivity index (χ2v) is 11.2. The molecule has 4 aromatic rings. The Balaban J connectivity index is 0.00000102. The maximum absolute atomic E-state index is 12.2. The molecule has 0 radical (unpaired) electrons. The molecule has 45 heavy (non-hydrogen) atoms. The van der Waals surface area contributed by atoms with Crippen molar-refractivity contribution in [1.29, 1.82) is 0 Å². The Morgan fingerprint density at radius 1 is 0.644 bits per heavy atom. The van der Waals surface area contributed by atoms with Gasteiger partial charge in [0.25, 0.3) is 0 Å². The number of allylic oxidation sites excluding steroid dienone is 2. The number of methoxy groups -OCH3 is 2. The Morgan fingerprint density at radius 3 is 1.36 bits per heavy atom. The first-order chi connectivity index (χ1) is 21.2. The van der Waals surface area contributed by atoms with Crippen LogP contribution in [0, 0.1) is 10.2 Å². The SMILES string of the molecule is COc1ccc(C(=CC=CC(O)(c2ccc(OC)cc2)c2ccc(N(C)C)cc2)c2ccc(N(C)C)cc2)cc1.[O-][Cl+3]([O-])([O-])O. The number of halogens is 1. The van der Waals surface area contributed by atoms with Crippen molar-refractivity contribution >= 4 is 16.9 Å². The van der Waals surface area contributed by atoms with Crippen LogP contribution >= 0.6 is 0 Å². The Hall–Kier alpha value is -4.35. The fraction of sp³-hybridized carbons (Fsp3) is 0.200. The van der Waals surface area contributed by atoms with E-state index in [1.807, 2.05) is 118 Å². The summed E-state index contributed by atoms with van der Waals surface area (Å²) in [5, 5.41) is 12.2. The van der Waals surface area contributed by atoms with Crippen molar-refractivity contribution in [2.45, 2.75) is 5.60 Å². The summed E-state index contributed by atoms with van der Waals surface area (Å²) in [4.78, 5) is 4.12. The van der Waals surface area contributed by atoms with E-state index in [-0.39, 0.29) is 0 Å². The topological polar surface area (TPSA) is 135 Å². The number of rotatable bonds is 10. The summed E-state index contributed by atoms with van der Waals surface area (Å²) >= 11 is 0. The third-order valence-corrected chi connectivity index (χ3v) is 7.05. The smallest absolute Gasteiger partial charge is 0.133 e. The Labute approximate surface area is 266 Å². The molecule has 238 valence electrons. The van der Waals surface area contributed by atoms with E-state index < -0.39 is 15.8 Å². The number of ether oxygens (including phenoxy) is 2. The minimum atomic E-state index is -4.69. The number of aliphatic hydroxyl groups is 1. The highest BCUT2D eigenvalue weighted by atomic mass is 35.7. The van der Waals surface area contributed by atoms with Gasteiger partial charge in [0.2, 0.25) is 0 Å². The van der Waals surface area contributed by atoms with Crippen molar-refractivity contribution in [3.05, 3.63) is 138 Å². The molecule has 0 saturated heterocycles. The van der Waals surface area contributed by atoms with Gasteiger partial charge in [-0.1, -0.05) is 60.7 Å². The Bertz CT molecular complexity index is 1540.